The topological polar surface area (TPSA) is 52.7 Å². The van der Waals surface area contributed by atoms with E-state index in [0.717, 1.165) is 0 Å². The molecule has 3 amide bonds. The molecule has 1 N–H and O–H groups in total. The Morgan fingerprint density at radius 2 is 1.81 bits per heavy atom. The molecule has 6 heteroatoms. The van der Waals surface area contributed by atoms with Crippen LogP contribution in [0.15, 0.2) is 48.5 Å². The third-order valence-corrected chi connectivity index (χ3v) is 4.43. The lowest BCUT2D eigenvalue weighted by molar-refractivity contribution is -0.116. The zero-order valence-corrected chi connectivity index (χ0v) is 14.9. The van der Waals surface area contributed by atoms with Crippen molar-refractivity contribution in [2.75, 3.05) is 29.9 Å². The predicted molar refractivity (Wildman–Crippen MR) is 99.9 cm³/mol. The number of benzene rings is 2. The molecule has 1 aliphatic heterocycles. The third-order valence-electron chi connectivity index (χ3n) is 4.43. The van der Waals surface area contributed by atoms with Crippen LogP contribution in [0.25, 0.3) is 0 Å². The van der Waals surface area contributed by atoms with Gasteiger partial charge in [-0.3, -0.25) is 9.69 Å². The minimum atomic E-state index is -0.447. The Balaban J connectivity index is 1.60. The van der Waals surface area contributed by atoms with Gasteiger partial charge in [0.05, 0.1) is 5.69 Å². The summed E-state index contributed by atoms with van der Waals surface area (Å²) in [6.07, 6.45) is 0. The summed E-state index contributed by atoms with van der Waals surface area (Å²) >= 11 is 0. The molecule has 0 aromatic heterocycles. The Labute approximate surface area is 152 Å². The van der Waals surface area contributed by atoms with Crippen molar-refractivity contribution in [3.05, 3.63) is 59.9 Å². The summed E-state index contributed by atoms with van der Waals surface area (Å²) in [6.45, 7) is 4.89. The lowest BCUT2D eigenvalue weighted by Gasteiger charge is -2.19. The molecule has 1 saturated heterocycles. The van der Waals surface area contributed by atoms with Gasteiger partial charge in [0.1, 0.15) is 12.4 Å². The molecule has 0 spiro atoms. The molecular weight excluding hydrogens is 333 g/mol. The van der Waals surface area contributed by atoms with Gasteiger partial charge in [0, 0.05) is 18.8 Å². The van der Waals surface area contributed by atoms with Crippen molar-refractivity contribution >= 4 is 23.3 Å². The zero-order valence-electron chi connectivity index (χ0n) is 14.9. The molecule has 136 valence electrons. The molecule has 0 saturated carbocycles. The maximum Gasteiger partial charge on any atom is 0.325 e. The van der Waals surface area contributed by atoms with Crippen LogP contribution in [0.2, 0.25) is 0 Å². The summed E-state index contributed by atoms with van der Waals surface area (Å²) in [5.74, 6) is -0.297. The van der Waals surface area contributed by atoms with Crippen LogP contribution in [0.3, 0.4) is 0 Å². The van der Waals surface area contributed by atoms with Crippen molar-refractivity contribution in [3.8, 4) is 0 Å². The second-order valence-corrected chi connectivity index (χ2v) is 6.63. The van der Waals surface area contributed by atoms with E-state index in [-0.39, 0.29) is 24.2 Å². The first kappa shape index (κ1) is 17.9. The van der Waals surface area contributed by atoms with Crippen molar-refractivity contribution in [2.45, 2.75) is 19.8 Å². The average Bonchev–Trinajstić information content (AvgIpc) is 2.96. The molecule has 0 bridgehead atoms. The fraction of sp³-hybridized carbons (Fsp3) is 0.300. The zero-order chi connectivity index (χ0) is 18.7. The van der Waals surface area contributed by atoms with Crippen molar-refractivity contribution in [1.29, 1.82) is 0 Å². The fourth-order valence-electron chi connectivity index (χ4n) is 2.95. The van der Waals surface area contributed by atoms with Gasteiger partial charge in [-0.1, -0.05) is 38.1 Å². The highest BCUT2D eigenvalue weighted by molar-refractivity contribution is 5.99. The fourth-order valence-corrected chi connectivity index (χ4v) is 2.95. The summed E-state index contributed by atoms with van der Waals surface area (Å²) in [5.41, 5.74) is 2.12. The molecular formula is C20H22FN3O2. The van der Waals surface area contributed by atoms with Gasteiger partial charge in [0.25, 0.3) is 0 Å². The molecule has 2 aromatic carbocycles. The predicted octanol–water partition coefficient (Wildman–Crippen LogP) is 3.83. The van der Waals surface area contributed by atoms with Crippen LogP contribution >= 0.6 is 0 Å². The monoisotopic (exact) mass is 355 g/mol. The number of hydrogen-bond acceptors (Lipinski definition) is 2. The molecule has 3 rings (SSSR count). The maximum absolute atomic E-state index is 13.9. The normalized spacial score (nSPS) is 14.2. The summed E-state index contributed by atoms with van der Waals surface area (Å²) in [5, 5.41) is 2.80. The van der Waals surface area contributed by atoms with Gasteiger partial charge in [-0.05, 0) is 35.7 Å². The molecule has 0 unspecified atom stereocenters. The number of anilines is 2. The summed E-state index contributed by atoms with van der Waals surface area (Å²) in [7, 11) is 0. The SMILES string of the molecule is CC(C)c1ccc(NC(=O)CN2CCN(c3ccccc3F)C2=O)cc1. The Morgan fingerprint density at radius 1 is 1.12 bits per heavy atom. The number of carbonyl (C=O) groups is 2. The lowest BCUT2D eigenvalue weighted by atomic mass is 10.0. The lowest BCUT2D eigenvalue weighted by Crippen LogP contribution is -2.37. The molecule has 0 atom stereocenters. The number of carbonyl (C=O) groups excluding carboxylic acids is 2. The quantitative estimate of drug-likeness (QED) is 0.886. The summed E-state index contributed by atoms with van der Waals surface area (Å²) in [6, 6.07) is 13.4. The van der Waals surface area contributed by atoms with E-state index in [1.165, 1.54) is 21.4 Å². The molecule has 26 heavy (non-hydrogen) atoms. The van der Waals surface area contributed by atoms with Crippen LogP contribution in [-0.4, -0.2) is 36.5 Å². The number of hydrogen-bond donors (Lipinski definition) is 1. The van der Waals surface area contributed by atoms with Crippen molar-refractivity contribution in [1.82, 2.24) is 4.90 Å². The first-order valence-corrected chi connectivity index (χ1v) is 8.66. The average molecular weight is 355 g/mol. The number of nitrogens with one attached hydrogen (secondary N) is 1. The number of amides is 3. The maximum atomic E-state index is 13.9. The van der Waals surface area contributed by atoms with Gasteiger partial charge in [0.15, 0.2) is 0 Å². The third kappa shape index (κ3) is 3.85. The molecule has 1 heterocycles. The van der Waals surface area contributed by atoms with Crippen LogP contribution in [-0.2, 0) is 4.79 Å². The van der Waals surface area contributed by atoms with Gasteiger partial charge in [-0.25, -0.2) is 9.18 Å². The first-order chi connectivity index (χ1) is 12.5. The van der Waals surface area contributed by atoms with E-state index in [2.05, 4.69) is 19.2 Å². The van der Waals surface area contributed by atoms with Gasteiger partial charge >= 0.3 is 6.03 Å². The van der Waals surface area contributed by atoms with Crippen LogP contribution in [0, 0.1) is 5.82 Å². The highest BCUT2D eigenvalue weighted by atomic mass is 19.1. The van der Waals surface area contributed by atoms with Gasteiger partial charge in [0.2, 0.25) is 5.91 Å². The van der Waals surface area contributed by atoms with E-state index in [1.54, 1.807) is 18.2 Å². The van der Waals surface area contributed by atoms with Crippen molar-refractivity contribution in [3.63, 3.8) is 0 Å². The summed E-state index contributed by atoms with van der Waals surface area (Å²) < 4.78 is 13.9. The van der Waals surface area contributed by atoms with E-state index < -0.39 is 5.82 Å². The number of nitrogens with zero attached hydrogens (tertiary/aromatic N) is 2. The molecule has 1 fully saturated rings. The van der Waals surface area contributed by atoms with Crippen LogP contribution in [0.4, 0.5) is 20.6 Å². The van der Waals surface area contributed by atoms with E-state index in [4.69, 9.17) is 0 Å². The largest absolute Gasteiger partial charge is 0.325 e. The van der Waals surface area contributed by atoms with Gasteiger partial charge in [-0.2, -0.15) is 0 Å². The van der Waals surface area contributed by atoms with Crippen LogP contribution in [0.5, 0.6) is 0 Å². The van der Waals surface area contributed by atoms with E-state index in [9.17, 15) is 14.0 Å². The Hall–Kier alpha value is -2.89. The van der Waals surface area contributed by atoms with Gasteiger partial charge in [-0.15, -0.1) is 0 Å². The number of urea groups is 1. The van der Waals surface area contributed by atoms with E-state index >= 15 is 0 Å². The van der Waals surface area contributed by atoms with Crippen molar-refractivity contribution in [2.24, 2.45) is 0 Å². The minimum absolute atomic E-state index is 0.0598. The van der Waals surface area contributed by atoms with Crippen molar-refractivity contribution < 1.29 is 14.0 Å². The Morgan fingerprint density at radius 3 is 2.46 bits per heavy atom. The Bertz CT molecular complexity index is 805. The number of para-hydroxylation sites is 1. The van der Waals surface area contributed by atoms with E-state index in [0.29, 0.717) is 24.7 Å². The second kappa shape index (κ2) is 7.56. The molecule has 0 radical (unpaired) electrons. The number of rotatable bonds is 5. The van der Waals surface area contributed by atoms with Crippen LogP contribution < -0.4 is 10.2 Å². The highest BCUT2D eigenvalue weighted by Gasteiger charge is 2.32. The number of halogens is 1. The smallest absolute Gasteiger partial charge is 0.325 e. The van der Waals surface area contributed by atoms with Gasteiger partial charge < -0.3 is 10.2 Å². The first-order valence-electron chi connectivity index (χ1n) is 8.66. The molecule has 5 nitrogen and oxygen atoms in total. The summed E-state index contributed by atoms with van der Waals surface area (Å²) in [4.78, 5) is 27.5. The highest BCUT2D eigenvalue weighted by Crippen LogP contribution is 2.23. The minimum Gasteiger partial charge on any atom is -0.325 e. The molecule has 2 aromatic rings. The Kier molecular flexibility index (Phi) is 5.21. The molecule has 0 aliphatic carbocycles. The molecule has 1 aliphatic rings. The van der Waals surface area contributed by atoms with Crippen LogP contribution in [0.1, 0.15) is 25.3 Å². The second-order valence-electron chi connectivity index (χ2n) is 6.63. The standard InChI is InChI=1S/C20H22FN3O2/c1-14(2)15-7-9-16(10-8-15)22-19(25)13-23-11-12-24(20(23)26)18-6-4-3-5-17(18)21/h3-10,14H,11-13H2,1-2H3,(H,22,25). The van der Waals surface area contributed by atoms with E-state index in [1.807, 2.05) is 24.3 Å².